The average molecular weight is 352 g/mol. The molecule has 0 saturated carbocycles. The van der Waals surface area contributed by atoms with Crippen LogP contribution in [0, 0.1) is 0 Å². The van der Waals surface area contributed by atoms with Crippen LogP contribution in [0.15, 0.2) is 29.1 Å². The monoisotopic (exact) mass is 351 g/mol. The van der Waals surface area contributed by atoms with E-state index in [1.54, 1.807) is 21.7 Å². The molecule has 2 aromatic heterocycles. The lowest BCUT2D eigenvalue weighted by Gasteiger charge is -2.22. The van der Waals surface area contributed by atoms with Crippen molar-refractivity contribution in [2.45, 2.75) is 6.42 Å². The predicted octanol–water partition coefficient (Wildman–Crippen LogP) is 2.73. The van der Waals surface area contributed by atoms with Gasteiger partial charge in [0.1, 0.15) is 5.69 Å². The van der Waals surface area contributed by atoms with E-state index in [-0.39, 0.29) is 11.8 Å². The predicted molar refractivity (Wildman–Crippen MR) is 91.2 cm³/mol. The van der Waals surface area contributed by atoms with Crippen LogP contribution < -0.4 is 0 Å². The SMILES string of the molecule is Cn1cc(Cl)cc1C(=O)N1CCCN(C(=O)c2ccsc2)CC1. The van der Waals surface area contributed by atoms with Gasteiger partial charge in [0.25, 0.3) is 11.8 Å². The molecular weight excluding hydrogens is 334 g/mol. The zero-order valence-corrected chi connectivity index (χ0v) is 14.4. The van der Waals surface area contributed by atoms with Crippen molar-refractivity contribution in [2.24, 2.45) is 7.05 Å². The number of rotatable bonds is 2. The van der Waals surface area contributed by atoms with Crippen LogP contribution in [-0.2, 0) is 7.05 Å². The standard InChI is InChI=1S/C16H18ClN3O2S/c1-18-10-13(17)9-14(18)16(22)20-5-2-4-19(6-7-20)15(21)12-3-8-23-11-12/h3,8-11H,2,4-7H2,1H3. The summed E-state index contributed by atoms with van der Waals surface area (Å²) in [5.41, 5.74) is 1.30. The van der Waals surface area contributed by atoms with E-state index in [0.29, 0.717) is 36.9 Å². The van der Waals surface area contributed by atoms with E-state index in [1.165, 1.54) is 11.3 Å². The summed E-state index contributed by atoms with van der Waals surface area (Å²) >= 11 is 7.48. The lowest BCUT2D eigenvalue weighted by Crippen LogP contribution is -2.37. The Morgan fingerprint density at radius 3 is 2.39 bits per heavy atom. The molecule has 3 rings (SSSR count). The Balaban J connectivity index is 1.68. The van der Waals surface area contributed by atoms with Crippen molar-refractivity contribution in [3.05, 3.63) is 45.4 Å². The number of hydrogen-bond donors (Lipinski definition) is 0. The van der Waals surface area contributed by atoms with Gasteiger partial charge in [-0.3, -0.25) is 9.59 Å². The molecule has 1 aliphatic heterocycles. The first-order valence-corrected chi connectivity index (χ1v) is 8.81. The third-order valence-electron chi connectivity index (χ3n) is 4.03. The molecule has 3 heterocycles. The highest BCUT2D eigenvalue weighted by molar-refractivity contribution is 7.08. The molecule has 1 aliphatic rings. The fraction of sp³-hybridized carbons (Fsp3) is 0.375. The second-order valence-corrected chi connectivity index (χ2v) is 6.82. The summed E-state index contributed by atoms with van der Waals surface area (Å²) in [6.07, 6.45) is 2.50. The van der Waals surface area contributed by atoms with Crippen molar-refractivity contribution >= 4 is 34.8 Å². The van der Waals surface area contributed by atoms with Gasteiger partial charge in [-0.25, -0.2) is 0 Å². The van der Waals surface area contributed by atoms with Gasteiger partial charge in [0.2, 0.25) is 0 Å². The minimum Gasteiger partial charge on any atom is -0.345 e. The fourth-order valence-corrected chi connectivity index (χ4v) is 3.67. The second kappa shape index (κ2) is 6.76. The Morgan fingerprint density at radius 2 is 1.83 bits per heavy atom. The van der Waals surface area contributed by atoms with Crippen molar-refractivity contribution in [2.75, 3.05) is 26.2 Å². The maximum atomic E-state index is 12.6. The van der Waals surface area contributed by atoms with E-state index in [1.807, 2.05) is 28.8 Å². The minimum atomic E-state index is -0.0377. The number of halogens is 1. The van der Waals surface area contributed by atoms with Crippen molar-refractivity contribution < 1.29 is 9.59 Å². The molecule has 122 valence electrons. The summed E-state index contributed by atoms with van der Waals surface area (Å²) in [5, 5.41) is 4.32. The van der Waals surface area contributed by atoms with E-state index in [0.717, 1.165) is 12.0 Å². The average Bonchev–Trinajstić information content (AvgIpc) is 3.09. The summed E-state index contributed by atoms with van der Waals surface area (Å²) in [6, 6.07) is 3.52. The molecule has 0 radical (unpaired) electrons. The molecule has 0 N–H and O–H groups in total. The third kappa shape index (κ3) is 3.43. The fourth-order valence-electron chi connectivity index (χ4n) is 2.79. The van der Waals surface area contributed by atoms with Gasteiger partial charge in [0.15, 0.2) is 0 Å². The van der Waals surface area contributed by atoms with E-state index >= 15 is 0 Å². The molecule has 1 saturated heterocycles. The van der Waals surface area contributed by atoms with Gasteiger partial charge in [-0.05, 0) is 23.9 Å². The summed E-state index contributed by atoms with van der Waals surface area (Å²) in [5.74, 6) is 0.00620. The van der Waals surface area contributed by atoms with Crippen molar-refractivity contribution in [1.82, 2.24) is 14.4 Å². The topological polar surface area (TPSA) is 45.6 Å². The van der Waals surface area contributed by atoms with Crippen molar-refractivity contribution in [3.8, 4) is 0 Å². The summed E-state index contributed by atoms with van der Waals surface area (Å²) in [6.45, 7) is 2.41. The number of carbonyl (C=O) groups excluding carboxylic acids is 2. The van der Waals surface area contributed by atoms with E-state index in [9.17, 15) is 9.59 Å². The highest BCUT2D eigenvalue weighted by atomic mass is 35.5. The largest absolute Gasteiger partial charge is 0.345 e. The van der Waals surface area contributed by atoms with Crippen LogP contribution >= 0.6 is 22.9 Å². The first-order chi connectivity index (χ1) is 11.1. The quantitative estimate of drug-likeness (QED) is 0.835. The van der Waals surface area contributed by atoms with Crippen LogP contribution in [0.2, 0.25) is 5.02 Å². The van der Waals surface area contributed by atoms with Gasteiger partial charge < -0.3 is 14.4 Å². The molecule has 23 heavy (non-hydrogen) atoms. The number of carbonyl (C=O) groups is 2. The minimum absolute atomic E-state index is 0.0377. The number of aromatic nitrogens is 1. The first-order valence-electron chi connectivity index (χ1n) is 7.49. The molecule has 0 spiro atoms. The van der Waals surface area contributed by atoms with Crippen LogP contribution in [0.1, 0.15) is 27.3 Å². The van der Waals surface area contributed by atoms with Crippen molar-refractivity contribution in [3.63, 3.8) is 0 Å². The molecular formula is C16H18ClN3O2S. The number of thiophene rings is 1. The summed E-state index contributed by atoms with van der Waals surface area (Å²) in [4.78, 5) is 28.7. The molecule has 0 atom stereocenters. The highest BCUT2D eigenvalue weighted by Crippen LogP contribution is 2.17. The first kappa shape index (κ1) is 16.1. The van der Waals surface area contributed by atoms with Gasteiger partial charge in [-0.15, -0.1) is 0 Å². The Kier molecular flexibility index (Phi) is 4.73. The van der Waals surface area contributed by atoms with E-state index in [4.69, 9.17) is 11.6 Å². The number of hydrogen-bond acceptors (Lipinski definition) is 3. The Hall–Kier alpha value is -1.79. The molecule has 5 nitrogen and oxygen atoms in total. The summed E-state index contributed by atoms with van der Waals surface area (Å²) < 4.78 is 1.74. The lowest BCUT2D eigenvalue weighted by molar-refractivity contribution is 0.0714. The molecule has 7 heteroatoms. The Morgan fingerprint density at radius 1 is 1.13 bits per heavy atom. The van der Waals surface area contributed by atoms with Crippen LogP contribution in [0.5, 0.6) is 0 Å². The van der Waals surface area contributed by atoms with Crippen LogP contribution in [0.3, 0.4) is 0 Å². The second-order valence-electron chi connectivity index (χ2n) is 5.60. The molecule has 2 aromatic rings. The van der Waals surface area contributed by atoms with Crippen LogP contribution in [0.4, 0.5) is 0 Å². The van der Waals surface area contributed by atoms with Gasteiger partial charge >= 0.3 is 0 Å². The van der Waals surface area contributed by atoms with Crippen molar-refractivity contribution in [1.29, 1.82) is 0 Å². The maximum absolute atomic E-state index is 12.6. The summed E-state index contributed by atoms with van der Waals surface area (Å²) in [7, 11) is 1.81. The molecule has 0 aliphatic carbocycles. The Bertz CT molecular complexity index is 711. The molecule has 2 amide bonds. The Labute approximate surface area is 144 Å². The van der Waals surface area contributed by atoms with Gasteiger partial charge in [-0.1, -0.05) is 11.6 Å². The normalized spacial score (nSPS) is 15.6. The third-order valence-corrected chi connectivity index (χ3v) is 4.92. The molecule has 0 aromatic carbocycles. The van der Waals surface area contributed by atoms with Crippen LogP contribution in [0.25, 0.3) is 0 Å². The molecule has 1 fully saturated rings. The maximum Gasteiger partial charge on any atom is 0.270 e. The molecule has 0 bridgehead atoms. The number of aryl methyl sites for hydroxylation is 1. The van der Waals surface area contributed by atoms with Crippen LogP contribution in [-0.4, -0.2) is 52.4 Å². The van der Waals surface area contributed by atoms with E-state index in [2.05, 4.69) is 0 Å². The zero-order valence-electron chi connectivity index (χ0n) is 12.9. The smallest absolute Gasteiger partial charge is 0.270 e. The molecule has 0 unspecified atom stereocenters. The van der Waals surface area contributed by atoms with Gasteiger partial charge in [-0.2, -0.15) is 11.3 Å². The lowest BCUT2D eigenvalue weighted by atomic mass is 10.3. The highest BCUT2D eigenvalue weighted by Gasteiger charge is 2.25. The zero-order chi connectivity index (χ0) is 16.4. The number of amides is 2. The van der Waals surface area contributed by atoms with Gasteiger partial charge in [0.05, 0.1) is 10.6 Å². The van der Waals surface area contributed by atoms with E-state index < -0.39 is 0 Å². The number of nitrogens with zero attached hydrogens (tertiary/aromatic N) is 3. The van der Waals surface area contributed by atoms with Gasteiger partial charge in [0, 0.05) is 44.8 Å².